The topological polar surface area (TPSA) is 66.5 Å². The number of aryl methyl sites for hydroxylation is 1. The zero-order valence-electron chi connectivity index (χ0n) is 18.8. The van der Waals surface area contributed by atoms with E-state index < -0.39 is 17.9 Å². The first-order valence-electron chi connectivity index (χ1n) is 9.25. The molecule has 0 unspecified atom stereocenters. The molecule has 0 fully saturated rings. The van der Waals surface area contributed by atoms with E-state index >= 15 is 0 Å². The summed E-state index contributed by atoms with van der Waals surface area (Å²) in [6, 6.07) is 8.18. The van der Waals surface area contributed by atoms with Crippen LogP contribution in [0.3, 0.4) is 0 Å². The molecule has 0 N–H and O–H groups in total. The van der Waals surface area contributed by atoms with E-state index in [9.17, 15) is 17.6 Å². The van der Waals surface area contributed by atoms with E-state index in [4.69, 9.17) is 9.68 Å². The van der Waals surface area contributed by atoms with Crippen LogP contribution in [0.2, 0.25) is 0 Å². The number of amidine groups is 1. The number of rotatable bonds is 7. The van der Waals surface area contributed by atoms with Crippen molar-refractivity contribution < 1.29 is 83.4 Å². The molecule has 0 aliphatic rings. The number of oxime groups is 2. The van der Waals surface area contributed by atoms with Gasteiger partial charge in [-0.3, -0.25) is 5.16 Å². The molecule has 0 heterocycles. The largest absolute Gasteiger partial charge is 1.00 e. The predicted molar refractivity (Wildman–Crippen MR) is 111 cm³/mol. The van der Waals surface area contributed by atoms with Crippen molar-refractivity contribution >= 4 is 12.1 Å². The first-order valence-corrected chi connectivity index (χ1v) is 9.25. The number of hydrogen-bond acceptors (Lipinski definition) is 5. The van der Waals surface area contributed by atoms with E-state index in [0.717, 1.165) is 29.5 Å². The third kappa shape index (κ3) is 9.86. The van der Waals surface area contributed by atoms with Crippen molar-refractivity contribution in [3.05, 3.63) is 69.8 Å². The van der Waals surface area contributed by atoms with Crippen LogP contribution in [0.15, 0.2) is 46.7 Å². The first-order chi connectivity index (χ1) is 14.7. The Morgan fingerprint density at radius 2 is 1.84 bits per heavy atom. The summed E-state index contributed by atoms with van der Waals surface area (Å²) in [7, 11) is 2.97. The number of ether oxygens (including phenoxy) is 1. The summed E-state index contributed by atoms with van der Waals surface area (Å²) in [4.78, 5) is 10.0. The Kier molecular flexibility index (Phi) is 14.4. The fraction of sp³-hybridized carbons (Fsp3) is 0.333. The maximum absolute atomic E-state index is 13.9. The third-order valence-electron chi connectivity index (χ3n) is 3.72. The van der Waals surface area contributed by atoms with Crippen LogP contribution in [0, 0.1) is 12.7 Å². The molecule has 2 aromatic rings. The maximum Gasteiger partial charge on any atom is 1.00 e. The van der Waals surface area contributed by atoms with Gasteiger partial charge in [-0.2, -0.15) is 0 Å². The van der Waals surface area contributed by atoms with Crippen LogP contribution < -0.4 is 56.1 Å². The van der Waals surface area contributed by atoms with Crippen molar-refractivity contribution in [1.82, 2.24) is 0 Å². The molecule has 0 saturated heterocycles. The van der Waals surface area contributed by atoms with E-state index in [1.54, 1.807) is 13.1 Å². The number of benzene rings is 2. The summed E-state index contributed by atoms with van der Waals surface area (Å²) in [6.45, 7) is 5.90. The first kappa shape index (κ1) is 30.3. The van der Waals surface area contributed by atoms with Gasteiger partial charge in [-0.15, -0.1) is 13.2 Å². The van der Waals surface area contributed by atoms with Gasteiger partial charge in [0.15, 0.2) is 0 Å². The van der Waals surface area contributed by atoms with E-state index in [2.05, 4.69) is 20.4 Å². The predicted octanol–water partition coefficient (Wildman–Crippen LogP) is 2.93. The van der Waals surface area contributed by atoms with Crippen LogP contribution in [-0.2, 0) is 16.3 Å². The molecule has 0 saturated carbocycles. The Balaban J connectivity index is 0.00000311. The van der Waals surface area contributed by atoms with Crippen molar-refractivity contribution in [3.8, 4) is 5.75 Å². The molecule has 6 nitrogen and oxygen atoms in total. The third-order valence-corrected chi connectivity index (χ3v) is 3.72. The molecule has 0 aromatic heterocycles. The second kappa shape index (κ2) is 15.2. The monoisotopic (exact) mass is 481 g/mol. The average molecular weight is 482 g/mol. The van der Waals surface area contributed by atoms with Gasteiger partial charge in [-0.05, 0) is 36.0 Å². The summed E-state index contributed by atoms with van der Waals surface area (Å²) in [6.07, 6.45) is -3.84. The van der Waals surface area contributed by atoms with Gasteiger partial charge in [0.2, 0.25) is 0 Å². The van der Waals surface area contributed by atoms with Gasteiger partial charge in [0.25, 0.3) is 0 Å². The quantitative estimate of drug-likeness (QED) is 0.201. The van der Waals surface area contributed by atoms with E-state index in [0.29, 0.717) is 17.5 Å². The Hall–Kier alpha value is -1.66. The van der Waals surface area contributed by atoms with Crippen molar-refractivity contribution in [2.75, 3.05) is 14.2 Å². The zero-order valence-corrected chi connectivity index (χ0v) is 21.9. The molecule has 0 aliphatic carbocycles. The van der Waals surface area contributed by atoms with Gasteiger partial charge in [0.1, 0.15) is 18.2 Å². The molecule has 32 heavy (non-hydrogen) atoms. The zero-order chi connectivity index (χ0) is 23.4. The van der Waals surface area contributed by atoms with Crippen LogP contribution in [0.1, 0.15) is 36.1 Å². The molecule has 0 radical (unpaired) electrons. The second-order valence-electron chi connectivity index (χ2n) is 5.66. The Bertz CT molecular complexity index is 906. The molecule has 0 atom stereocenters. The van der Waals surface area contributed by atoms with Crippen LogP contribution in [-0.4, -0.2) is 32.6 Å². The molecule has 0 amide bonds. The molecule has 170 valence electrons. The summed E-state index contributed by atoms with van der Waals surface area (Å²) in [5.74, 6) is -1.23. The van der Waals surface area contributed by atoms with Crippen LogP contribution in [0.25, 0.3) is 5.32 Å². The molecule has 2 aromatic carbocycles. The minimum absolute atomic E-state index is 0. The number of nitrogens with zero attached hydrogens (tertiary/aromatic N) is 3. The van der Waals surface area contributed by atoms with E-state index in [1.165, 1.54) is 7.11 Å². The minimum Gasteiger partial charge on any atom is -0.497 e. The van der Waals surface area contributed by atoms with Crippen molar-refractivity contribution in [1.29, 1.82) is 0 Å². The number of hydrogen-bond donors (Lipinski definition) is 0. The van der Waals surface area contributed by atoms with Crippen molar-refractivity contribution in [3.63, 3.8) is 0 Å². The average Bonchev–Trinajstić information content (AvgIpc) is 2.72. The molecule has 0 bridgehead atoms. The number of alkyl halides is 3. The van der Waals surface area contributed by atoms with E-state index in [-0.39, 0.29) is 63.6 Å². The molecule has 2 rings (SSSR count). The molecule has 0 spiro atoms. The van der Waals surface area contributed by atoms with E-state index in [1.807, 2.05) is 32.9 Å². The molecule has 11 heteroatoms. The van der Waals surface area contributed by atoms with Crippen LogP contribution in [0.4, 0.5) is 17.6 Å². The van der Waals surface area contributed by atoms with Crippen LogP contribution >= 0.6 is 0 Å². The standard InChI is InChI=1S/C19H18F4N3O3.C2H6.K/c1-12-5-4-6-15(18(24-2)26-27-3)16(12)11-28-25-10-13-7-8-14(9-17(13)20)29-19(21,22)23;1-2;/h4-10H,11H2,1-3H3;1-2H3;/q-1;;+1/b25-10+;;. The fourth-order valence-corrected chi connectivity index (χ4v) is 2.41. The Morgan fingerprint density at radius 1 is 1.16 bits per heavy atom. The Morgan fingerprint density at radius 3 is 2.41 bits per heavy atom. The number of halogens is 4. The van der Waals surface area contributed by atoms with Gasteiger partial charge >= 0.3 is 57.7 Å². The van der Waals surface area contributed by atoms with Gasteiger partial charge in [0.05, 0.1) is 13.3 Å². The summed E-state index contributed by atoms with van der Waals surface area (Å²) < 4.78 is 54.1. The molecular weight excluding hydrogens is 457 g/mol. The minimum atomic E-state index is -4.90. The van der Waals surface area contributed by atoms with Crippen molar-refractivity contribution in [2.24, 2.45) is 10.3 Å². The van der Waals surface area contributed by atoms with Gasteiger partial charge in [0, 0.05) is 17.2 Å². The Labute approximate surface area is 227 Å². The normalized spacial score (nSPS) is 11.2. The van der Waals surface area contributed by atoms with Gasteiger partial charge in [-0.25, -0.2) is 4.39 Å². The smallest absolute Gasteiger partial charge is 0.497 e. The van der Waals surface area contributed by atoms with Gasteiger partial charge in [-0.1, -0.05) is 44.2 Å². The van der Waals surface area contributed by atoms with Gasteiger partial charge < -0.3 is 19.7 Å². The SMILES string of the molecule is CC.C[N-]/C(=N/OC)c1cccc(C)c1CO/N=C/c1ccc(OC(F)(F)F)cc1F.[K+]. The maximum atomic E-state index is 13.9. The summed E-state index contributed by atoms with van der Waals surface area (Å²) in [5, 5.41) is 11.6. The second-order valence-corrected chi connectivity index (χ2v) is 5.66. The van der Waals surface area contributed by atoms with Crippen molar-refractivity contribution in [2.45, 2.75) is 33.7 Å². The molecular formula is C21H24F4KN3O3. The summed E-state index contributed by atoms with van der Waals surface area (Å²) in [5.41, 5.74) is 2.27. The fourth-order valence-electron chi connectivity index (χ4n) is 2.41. The van der Waals surface area contributed by atoms with Crippen LogP contribution in [0.5, 0.6) is 5.75 Å². The summed E-state index contributed by atoms with van der Waals surface area (Å²) >= 11 is 0. The molecule has 0 aliphatic heterocycles.